The van der Waals surface area contributed by atoms with Crippen molar-refractivity contribution in [3.05, 3.63) is 28.7 Å². The van der Waals surface area contributed by atoms with Gasteiger partial charge in [0.25, 0.3) is 0 Å². The van der Waals surface area contributed by atoms with Crippen LogP contribution in [0, 0.1) is 0 Å². The molecule has 0 aromatic heterocycles. The third-order valence-corrected chi connectivity index (χ3v) is 1.69. The second-order valence-electron chi connectivity index (χ2n) is 2.13. The summed E-state index contributed by atoms with van der Waals surface area (Å²) in [5.41, 5.74) is 6.21. The molecule has 2 nitrogen and oxygen atoms in total. The molecule has 0 aliphatic heterocycles. The van der Waals surface area contributed by atoms with Crippen LogP contribution in [0.4, 0.5) is 5.69 Å². The van der Waals surface area contributed by atoms with Gasteiger partial charge in [-0.15, -0.1) is 0 Å². The SMILES string of the molecule is CCOC.Nc1ccc(Br)cc1. The van der Waals surface area contributed by atoms with Gasteiger partial charge in [-0.1, -0.05) is 15.9 Å². The number of nitrogens with two attached hydrogens (primary N) is 1. The average molecular weight is 232 g/mol. The van der Waals surface area contributed by atoms with Crippen LogP contribution in [0.25, 0.3) is 0 Å². The van der Waals surface area contributed by atoms with Crippen LogP contribution < -0.4 is 5.73 Å². The molecule has 68 valence electrons. The third-order valence-electron chi connectivity index (χ3n) is 1.16. The number of rotatable bonds is 1. The van der Waals surface area contributed by atoms with E-state index in [9.17, 15) is 0 Å². The lowest BCUT2D eigenvalue weighted by atomic mass is 10.3. The Bertz CT molecular complexity index is 175. The Kier molecular flexibility index (Phi) is 6.81. The molecule has 2 N–H and O–H groups in total. The zero-order valence-corrected chi connectivity index (χ0v) is 8.97. The lowest BCUT2D eigenvalue weighted by Gasteiger charge is -1.88. The first-order chi connectivity index (χ1) is 5.70. The minimum Gasteiger partial charge on any atom is -0.399 e. The zero-order chi connectivity index (χ0) is 9.40. The maximum absolute atomic E-state index is 5.41. The molecule has 0 aliphatic carbocycles. The normalized spacial score (nSPS) is 8.58. The number of hydrogen-bond donors (Lipinski definition) is 1. The minimum atomic E-state index is 0.799. The van der Waals surface area contributed by atoms with E-state index in [1.807, 2.05) is 31.2 Å². The quantitative estimate of drug-likeness (QED) is 0.755. The maximum atomic E-state index is 5.41. The summed E-state index contributed by atoms with van der Waals surface area (Å²) in [6.45, 7) is 2.78. The number of anilines is 1. The molecule has 0 bridgehead atoms. The summed E-state index contributed by atoms with van der Waals surface area (Å²) in [7, 11) is 1.68. The zero-order valence-electron chi connectivity index (χ0n) is 7.38. The standard InChI is InChI=1S/C6H6BrN.C3H8O/c7-5-1-3-6(8)4-2-5;1-3-4-2/h1-4H,8H2;3H2,1-2H3. The summed E-state index contributed by atoms with van der Waals surface area (Å²) < 4.78 is 5.60. The van der Waals surface area contributed by atoms with Gasteiger partial charge in [0.1, 0.15) is 0 Å². The smallest absolute Gasteiger partial charge is 0.0433 e. The average Bonchev–Trinajstić information content (AvgIpc) is 2.11. The summed E-state index contributed by atoms with van der Waals surface area (Å²) in [5.74, 6) is 0. The molecule has 0 saturated carbocycles. The number of nitrogen functional groups attached to an aromatic ring is 1. The summed E-state index contributed by atoms with van der Waals surface area (Å²) in [4.78, 5) is 0. The van der Waals surface area contributed by atoms with Crippen molar-refractivity contribution >= 4 is 21.6 Å². The van der Waals surface area contributed by atoms with Gasteiger partial charge in [-0.05, 0) is 31.2 Å². The largest absolute Gasteiger partial charge is 0.399 e. The third kappa shape index (κ3) is 6.19. The van der Waals surface area contributed by atoms with E-state index in [4.69, 9.17) is 5.73 Å². The Morgan fingerprint density at radius 2 is 1.75 bits per heavy atom. The summed E-state index contributed by atoms with van der Waals surface area (Å²) in [5, 5.41) is 0. The number of halogens is 1. The van der Waals surface area contributed by atoms with E-state index in [0.29, 0.717) is 0 Å². The van der Waals surface area contributed by atoms with Gasteiger partial charge in [-0.25, -0.2) is 0 Å². The van der Waals surface area contributed by atoms with Crippen LogP contribution in [-0.4, -0.2) is 13.7 Å². The molecule has 1 aromatic carbocycles. The Labute approximate surface area is 81.9 Å². The van der Waals surface area contributed by atoms with Gasteiger partial charge in [0.15, 0.2) is 0 Å². The van der Waals surface area contributed by atoms with Crippen LogP contribution in [0.15, 0.2) is 28.7 Å². The fourth-order valence-electron chi connectivity index (χ4n) is 0.463. The van der Waals surface area contributed by atoms with E-state index >= 15 is 0 Å². The highest BCUT2D eigenvalue weighted by atomic mass is 79.9. The van der Waals surface area contributed by atoms with Crippen LogP contribution in [0.2, 0.25) is 0 Å². The molecule has 3 heteroatoms. The van der Waals surface area contributed by atoms with E-state index in [-0.39, 0.29) is 0 Å². The lowest BCUT2D eigenvalue weighted by Crippen LogP contribution is -1.80. The van der Waals surface area contributed by atoms with Gasteiger partial charge in [0, 0.05) is 23.9 Å². The van der Waals surface area contributed by atoms with E-state index in [1.54, 1.807) is 7.11 Å². The lowest BCUT2D eigenvalue weighted by molar-refractivity contribution is 0.215. The second kappa shape index (κ2) is 7.13. The van der Waals surface area contributed by atoms with Crippen LogP contribution in [0.5, 0.6) is 0 Å². The van der Waals surface area contributed by atoms with Crippen LogP contribution in [0.3, 0.4) is 0 Å². The van der Waals surface area contributed by atoms with Crippen molar-refractivity contribution in [2.24, 2.45) is 0 Å². The molecule has 1 aromatic rings. The van der Waals surface area contributed by atoms with Gasteiger partial charge in [0.05, 0.1) is 0 Å². The van der Waals surface area contributed by atoms with E-state index in [1.165, 1.54) is 0 Å². The van der Waals surface area contributed by atoms with Crippen molar-refractivity contribution in [2.75, 3.05) is 19.5 Å². The van der Waals surface area contributed by atoms with Crippen molar-refractivity contribution in [1.29, 1.82) is 0 Å². The molecule has 0 amide bonds. The van der Waals surface area contributed by atoms with Crippen molar-refractivity contribution in [2.45, 2.75) is 6.92 Å². The highest BCUT2D eigenvalue weighted by molar-refractivity contribution is 9.10. The van der Waals surface area contributed by atoms with Crippen LogP contribution >= 0.6 is 15.9 Å². The molecule has 0 atom stereocenters. The Balaban J connectivity index is 0.000000261. The summed E-state index contributed by atoms with van der Waals surface area (Å²) in [6, 6.07) is 7.53. The van der Waals surface area contributed by atoms with E-state index in [0.717, 1.165) is 16.8 Å². The number of hydrogen-bond acceptors (Lipinski definition) is 2. The molecule has 0 radical (unpaired) electrons. The number of benzene rings is 1. The molecule has 0 aliphatic rings. The first-order valence-corrected chi connectivity index (χ1v) is 4.50. The van der Waals surface area contributed by atoms with Gasteiger partial charge in [-0.3, -0.25) is 0 Å². The molecule has 1 rings (SSSR count). The van der Waals surface area contributed by atoms with Crippen LogP contribution in [-0.2, 0) is 4.74 Å². The molecule has 0 fully saturated rings. The van der Waals surface area contributed by atoms with Crippen molar-refractivity contribution in [3.8, 4) is 0 Å². The van der Waals surface area contributed by atoms with Crippen LogP contribution in [0.1, 0.15) is 6.92 Å². The van der Waals surface area contributed by atoms with Gasteiger partial charge < -0.3 is 10.5 Å². The fraction of sp³-hybridized carbons (Fsp3) is 0.333. The molecule has 0 heterocycles. The predicted molar refractivity (Wildman–Crippen MR) is 56.1 cm³/mol. The molecule has 0 saturated heterocycles. The summed E-state index contributed by atoms with van der Waals surface area (Å²) in [6.07, 6.45) is 0. The van der Waals surface area contributed by atoms with Crippen molar-refractivity contribution in [1.82, 2.24) is 0 Å². The second-order valence-corrected chi connectivity index (χ2v) is 3.04. The number of ether oxygens (including phenoxy) is 1. The Morgan fingerprint density at radius 3 is 2.00 bits per heavy atom. The first-order valence-electron chi connectivity index (χ1n) is 3.70. The topological polar surface area (TPSA) is 35.2 Å². The minimum absolute atomic E-state index is 0.799. The van der Waals surface area contributed by atoms with Crippen molar-refractivity contribution in [3.63, 3.8) is 0 Å². The van der Waals surface area contributed by atoms with Gasteiger partial charge in [-0.2, -0.15) is 0 Å². The van der Waals surface area contributed by atoms with Gasteiger partial charge >= 0.3 is 0 Å². The highest BCUT2D eigenvalue weighted by Gasteiger charge is 1.81. The number of methoxy groups -OCH3 is 1. The van der Waals surface area contributed by atoms with E-state index < -0.39 is 0 Å². The molecule has 0 spiro atoms. The monoisotopic (exact) mass is 231 g/mol. The maximum Gasteiger partial charge on any atom is 0.0433 e. The Hall–Kier alpha value is -0.540. The Morgan fingerprint density at radius 1 is 1.33 bits per heavy atom. The molecule has 12 heavy (non-hydrogen) atoms. The van der Waals surface area contributed by atoms with Gasteiger partial charge in [0.2, 0.25) is 0 Å². The molecular weight excluding hydrogens is 218 g/mol. The highest BCUT2D eigenvalue weighted by Crippen LogP contribution is 2.10. The fourth-order valence-corrected chi connectivity index (χ4v) is 0.727. The molecular formula is C9H14BrNO. The summed E-state index contributed by atoms with van der Waals surface area (Å²) >= 11 is 3.29. The van der Waals surface area contributed by atoms with Crippen molar-refractivity contribution < 1.29 is 4.74 Å². The molecule has 0 unspecified atom stereocenters. The predicted octanol–water partition coefficient (Wildman–Crippen LogP) is 2.68. The first kappa shape index (κ1) is 11.5. The van der Waals surface area contributed by atoms with E-state index in [2.05, 4.69) is 20.7 Å².